The van der Waals surface area contributed by atoms with Gasteiger partial charge in [-0.15, -0.1) is 0 Å². The van der Waals surface area contributed by atoms with E-state index in [4.69, 9.17) is 0 Å². The zero-order valence-electron chi connectivity index (χ0n) is 11.5. The van der Waals surface area contributed by atoms with Crippen LogP contribution >= 0.6 is 0 Å². The predicted molar refractivity (Wildman–Crippen MR) is 69.0 cm³/mol. The normalized spacial score (nSPS) is 21.4. The van der Waals surface area contributed by atoms with Crippen molar-refractivity contribution in [3.8, 4) is 0 Å². The zero-order chi connectivity index (χ0) is 11.5. The van der Waals surface area contributed by atoms with Crippen LogP contribution in [0.1, 0.15) is 73.1 Å². The molecule has 0 aromatic rings. The molecule has 1 saturated carbocycles. The Bertz CT molecular complexity index is 176. The summed E-state index contributed by atoms with van der Waals surface area (Å²) in [6, 6.07) is 0. The van der Waals surface area contributed by atoms with Gasteiger partial charge in [0.2, 0.25) is 0 Å². The van der Waals surface area contributed by atoms with Crippen molar-refractivity contribution in [2.45, 2.75) is 73.1 Å². The maximum absolute atomic E-state index is 2.49. The summed E-state index contributed by atoms with van der Waals surface area (Å²) in [7, 11) is 0. The van der Waals surface area contributed by atoms with Gasteiger partial charge in [-0.25, -0.2) is 0 Å². The lowest BCUT2D eigenvalue weighted by molar-refractivity contribution is 0.129. The summed E-state index contributed by atoms with van der Waals surface area (Å²) in [6.45, 7) is 12.2. The summed E-state index contributed by atoms with van der Waals surface area (Å²) < 4.78 is 0. The van der Waals surface area contributed by atoms with Gasteiger partial charge < -0.3 is 0 Å². The Balaban J connectivity index is 2.33. The van der Waals surface area contributed by atoms with Gasteiger partial charge in [0.15, 0.2) is 0 Å². The lowest BCUT2D eigenvalue weighted by Crippen LogP contribution is -2.29. The quantitative estimate of drug-likeness (QED) is 0.502. The maximum atomic E-state index is 2.49. The molecule has 0 aromatic carbocycles. The fourth-order valence-electron chi connectivity index (χ4n) is 2.90. The van der Waals surface area contributed by atoms with Crippen molar-refractivity contribution in [2.24, 2.45) is 23.2 Å². The Kier molecular flexibility index (Phi) is 4.67. The van der Waals surface area contributed by atoms with Crippen LogP contribution in [0.5, 0.6) is 0 Å². The molecule has 0 radical (unpaired) electrons. The average Bonchev–Trinajstić information content (AvgIpc) is 3.00. The summed E-state index contributed by atoms with van der Waals surface area (Å²) in [6.07, 6.45) is 8.61. The van der Waals surface area contributed by atoms with Crippen molar-refractivity contribution in [3.63, 3.8) is 0 Å². The van der Waals surface area contributed by atoms with E-state index in [-0.39, 0.29) is 0 Å². The molecule has 1 aliphatic rings. The van der Waals surface area contributed by atoms with E-state index < -0.39 is 0 Å². The van der Waals surface area contributed by atoms with Gasteiger partial charge in [0.05, 0.1) is 0 Å². The Morgan fingerprint density at radius 1 is 1.13 bits per heavy atom. The molecule has 1 aliphatic carbocycles. The van der Waals surface area contributed by atoms with E-state index in [0.717, 1.165) is 17.8 Å². The van der Waals surface area contributed by atoms with Crippen LogP contribution in [0.3, 0.4) is 0 Å². The highest BCUT2D eigenvalue weighted by Crippen LogP contribution is 2.51. The predicted octanol–water partition coefficient (Wildman–Crippen LogP) is 5.28. The first-order valence-corrected chi connectivity index (χ1v) is 7.00. The first-order chi connectivity index (χ1) is 7.00. The molecule has 90 valence electrons. The second-order valence-electron chi connectivity index (χ2n) is 6.36. The fraction of sp³-hybridized carbons (Fsp3) is 1.00. The lowest BCUT2D eigenvalue weighted by Gasteiger charge is -2.36. The smallest absolute Gasteiger partial charge is 0.0298 e. The third-order valence-electron chi connectivity index (χ3n) is 4.92. The number of unbranched alkanes of at least 4 members (excludes halogenated alkanes) is 2. The molecule has 2 unspecified atom stereocenters. The van der Waals surface area contributed by atoms with Crippen LogP contribution in [0.2, 0.25) is 0 Å². The first-order valence-electron chi connectivity index (χ1n) is 7.00. The molecule has 0 N–H and O–H groups in total. The van der Waals surface area contributed by atoms with Crippen LogP contribution in [0.15, 0.2) is 0 Å². The number of rotatable bonds is 7. The van der Waals surface area contributed by atoms with Gasteiger partial charge in [0.1, 0.15) is 0 Å². The summed E-state index contributed by atoms with van der Waals surface area (Å²) in [5.41, 5.74) is 0.589. The van der Waals surface area contributed by atoms with Crippen molar-refractivity contribution in [3.05, 3.63) is 0 Å². The topological polar surface area (TPSA) is 0 Å². The maximum Gasteiger partial charge on any atom is -0.0298 e. The molecule has 1 fully saturated rings. The SMILES string of the molecule is CCCCCC(C)C(C)C(C)(C)C1CC1. The van der Waals surface area contributed by atoms with E-state index >= 15 is 0 Å². The minimum absolute atomic E-state index is 0.589. The van der Waals surface area contributed by atoms with Gasteiger partial charge >= 0.3 is 0 Å². The molecule has 0 bridgehead atoms. The van der Waals surface area contributed by atoms with Gasteiger partial charge in [-0.1, -0.05) is 60.3 Å². The highest BCUT2D eigenvalue weighted by Gasteiger charge is 2.42. The molecule has 0 saturated heterocycles. The third-order valence-corrected chi connectivity index (χ3v) is 4.92. The van der Waals surface area contributed by atoms with E-state index in [2.05, 4.69) is 34.6 Å². The minimum Gasteiger partial charge on any atom is -0.0654 e. The molecule has 0 heteroatoms. The first kappa shape index (κ1) is 13.1. The van der Waals surface area contributed by atoms with Crippen LogP contribution < -0.4 is 0 Å². The van der Waals surface area contributed by atoms with Crippen molar-refractivity contribution >= 4 is 0 Å². The Morgan fingerprint density at radius 3 is 2.20 bits per heavy atom. The van der Waals surface area contributed by atoms with E-state index in [1.54, 1.807) is 0 Å². The van der Waals surface area contributed by atoms with Crippen LogP contribution in [-0.4, -0.2) is 0 Å². The van der Waals surface area contributed by atoms with Crippen LogP contribution in [0.25, 0.3) is 0 Å². The second kappa shape index (κ2) is 5.37. The summed E-state index contributed by atoms with van der Waals surface area (Å²) in [5, 5.41) is 0. The Morgan fingerprint density at radius 2 is 1.73 bits per heavy atom. The molecule has 2 atom stereocenters. The molecule has 0 aromatic heterocycles. The second-order valence-corrected chi connectivity index (χ2v) is 6.36. The molecule has 15 heavy (non-hydrogen) atoms. The van der Waals surface area contributed by atoms with Crippen molar-refractivity contribution < 1.29 is 0 Å². The Hall–Kier alpha value is 0. The van der Waals surface area contributed by atoms with Crippen molar-refractivity contribution in [1.82, 2.24) is 0 Å². The summed E-state index contributed by atoms with van der Waals surface area (Å²) in [5.74, 6) is 2.83. The van der Waals surface area contributed by atoms with Gasteiger partial charge in [0.25, 0.3) is 0 Å². The van der Waals surface area contributed by atoms with Crippen LogP contribution in [0.4, 0.5) is 0 Å². The van der Waals surface area contributed by atoms with Gasteiger partial charge in [-0.05, 0) is 36.0 Å². The van der Waals surface area contributed by atoms with E-state index in [1.165, 1.54) is 38.5 Å². The summed E-state index contributed by atoms with van der Waals surface area (Å²) in [4.78, 5) is 0. The largest absolute Gasteiger partial charge is 0.0654 e. The summed E-state index contributed by atoms with van der Waals surface area (Å²) >= 11 is 0. The van der Waals surface area contributed by atoms with Gasteiger partial charge in [-0.2, -0.15) is 0 Å². The molecule has 0 spiro atoms. The highest BCUT2D eigenvalue weighted by atomic mass is 14.5. The molecule has 0 nitrogen and oxygen atoms in total. The standard InChI is InChI=1S/C15H30/c1-6-7-8-9-12(2)13(3)15(4,5)14-10-11-14/h12-14H,6-11H2,1-5H3. The molecule has 0 amide bonds. The number of hydrogen-bond acceptors (Lipinski definition) is 0. The highest BCUT2D eigenvalue weighted by molar-refractivity contribution is 4.92. The molecule has 0 heterocycles. The fourth-order valence-corrected chi connectivity index (χ4v) is 2.90. The molecule has 0 aliphatic heterocycles. The van der Waals surface area contributed by atoms with E-state index in [1.807, 2.05) is 0 Å². The van der Waals surface area contributed by atoms with Crippen LogP contribution in [0, 0.1) is 23.2 Å². The Labute approximate surface area is 96.8 Å². The van der Waals surface area contributed by atoms with Crippen molar-refractivity contribution in [2.75, 3.05) is 0 Å². The molecular weight excluding hydrogens is 180 g/mol. The zero-order valence-corrected chi connectivity index (χ0v) is 11.5. The van der Waals surface area contributed by atoms with E-state index in [9.17, 15) is 0 Å². The molecular formula is C15H30. The van der Waals surface area contributed by atoms with E-state index in [0.29, 0.717) is 5.41 Å². The third kappa shape index (κ3) is 3.50. The monoisotopic (exact) mass is 210 g/mol. The van der Waals surface area contributed by atoms with Crippen molar-refractivity contribution in [1.29, 1.82) is 0 Å². The average molecular weight is 210 g/mol. The van der Waals surface area contributed by atoms with Gasteiger partial charge in [-0.3, -0.25) is 0 Å². The van der Waals surface area contributed by atoms with Crippen LogP contribution in [-0.2, 0) is 0 Å². The molecule has 1 rings (SSSR count). The van der Waals surface area contributed by atoms with Gasteiger partial charge in [0, 0.05) is 0 Å². The lowest BCUT2D eigenvalue weighted by atomic mass is 9.69. The number of hydrogen-bond donors (Lipinski definition) is 0. The minimum atomic E-state index is 0.589.